The van der Waals surface area contributed by atoms with Crippen LogP contribution in [-0.4, -0.2) is 48.6 Å². The number of allylic oxidation sites excluding steroid dienone is 3. The van der Waals surface area contributed by atoms with Gasteiger partial charge in [-0.15, -0.1) is 0 Å². The van der Waals surface area contributed by atoms with E-state index in [-0.39, 0.29) is 23.8 Å². The number of halogens is 2. The largest absolute Gasteiger partial charge is 0.392 e. The van der Waals surface area contributed by atoms with E-state index in [9.17, 15) is 13.9 Å². The van der Waals surface area contributed by atoms with Crippen molar-refractivity contribution in [1.29, 1.82) is 0 Å². The Labute approximate surface area is 152 Å². The minimum absolute atomic E-state index is 0.135. The van der Waals surface area contributed by atoms with Gasteiger partial charge in [-0.1, -0.05) is 31.5 Å². The summed E-state index contributed by atoms with van der Waals surface area (Å²) in [5.74, 6) is -0.949. The Morgan fingerprint density at radius 2 is 2.12 bits per heavy atom. The molecule has 4 nitrogen and oxygen atoms in total. The normalized spacial score (nSPS) is 18.0. The Morgan fingerprint density at radius 3 is 2.85 bits per heavy atom. The summed E-state index contributed by atoms with van der Waals surface area (Å²) in [6.45, 7) is 3.97. The highest BCUT2D eigenvalue weighted by atomic mass is 19.1. The molecule has 0 aliphatic carbocycles. The Balaban J connectivity index is 1.74. The molecule has 0 saturated carbocycles. The second-order valence-electron chi connectivity index (χ2n) is 6.55. The van der Waals surface area contributed by atoms with Gasteiger partial charge in [0.15, 0.2) is 0 Å². The predicted molar refractivity (Wildman–Crippen MR) is 98.0 cm³/mol. The summed E-state index contributed by atoms with van der Waals surface area (Å²) in [6.07, 6.45) is 5.06. The van der Waals surface area contributed by atoms with E-state index in [4.69, 9.17) is 4.74 Å². The van der Waals surface area contributed by atoms with Crippen LogP contribution in [0.5, 0.6) is 0 Å². The zero-order valence-corrected chi connectivity index (χ0v) is 14.9. The zero-order chi connectivity index (χ0) is 18.5. The van der Waals surface area contributed by atoms with Crippen molar-refractivity contribution in [3.05, 3.63) is 52.7 Å². The molecule has 0 unspecified atom stereocenters. The standard InChI is InChI=1S/C20H24F2N2O2/c1-2-3-7-26-16-11-24(12-16)19-10-23-9-15(8-18(19)21)17-6-4-5-14(13-25)20(17)22/h4-6,8-9,16,25H,2-3,7,10-13H2,1H3. The molecule has 0 amide bonds. The molecule has 1 saturated heterocycles. The minimum atomic E-state index is -0.544. The molecule has 3 rings (SSSR count). The lowest BCUT2D eigenvalue weighted by Crippen LogP contribution is -2.52. The third kappa shape index (κ3) is 4.02. The summed E-state index contributed by atoms with van der Waals surface area (Å²) < 4.78 is 34.9. The number of unbranched alkanes of at least 4 members (excludes halogenated alkanes) is 1. The molecule has 1 aromatic rings. The molecule has 2 heterocycles. The second-order valence-corrected chi connectivity index (χ2v) is 6.55. The van der Waals surface area contributed by atoms with Crippen molar-refractivity contribution >= 4 is 11.8 Å². The Hall–Kier alpha value is -2.05. The van der Waals surface area contributed by atoms with Gasteiger partial charge in [0.2, 0.25) is 0 Å². The van der Waals surface area contributed by atoms with Gasteiger partial charge in [-0.25, -0.2) is 8.78 Å². The third-order valence-electron chi connectivity index (χ3n) is 4.67. The van der Waals surface area contributed by atoms with Gasteiger partial charge >= 0.3 is 0 Å². The van der Waals surface area contributed by atoms with Gasteiger partial charge in [0.1, 0.15) is 11.6 Å². The molecule has 0 radical (unpaired) electrons. The van der Waals surface area contributed by atoms with Crippen LogP contribution in [0.1, 0.15) is 30.9 Å². The first-order chi connectivity index (χ1) is 12.6. The predicted octanol–water partition coefficient (Wildman–Crippen LogP) is 3.47. The summed E-state index contributed by atoms with van der Waals surface area (Å²) >= 11 is 0. The number of likely N-dealkylation sites (tertiary alicyclic amines) is 1. The van der Waals surface area contributed by atoms with E-state index < -0.39 is 18.3 Å². The number of ether oxygens (including phenoxy) is 1. The maximum atomic E-state index is 14.7. The van der Waals surface area contributed by atoms with Crippen molar-refractivity contribution < 1.29 is 18.6 Å². The smallest absolute Gasteiger partial charge is 0.144 e. The van der Waals surface area contributed by atoms with E-state index in [0.29, 0.717) is 24.4 Å². The topological polar surface area (TPSA) is 45.1 Å². The molecule has 0 bridgehead atoms. The lowest BCUT2D eigenvalue weighted by molar-refractivity contribution is -0.0415. The van der Waals surface area contributed by atoms with E-state index in [1.807, 2.05) is 4.90 Å². The van der Waals surface area contributed by atoms with Crippen LogP contribution < -0.4 is 0 Å². The fraction of sp³-hybridized carbons (Fsp3) is 0.450. The molecule has 1 fully saturated rings. The number of aliphatic imine (C=N–C) groups is 1. The highest BCUT2D eigenvalue weighted by molar-refractivity contribution is 6.10. The first-order valence-electron chi connectivity index (χ1n) is 8.99. The highest BCUT2D eigenvalue weighted by Gasteiger charge is 2.31. The van der Waals surface area contributed by atoms with Crippen LogP contribution in [0, 0.1) is 5.82 Å². The summed E-state index contributed by atoms with van der Waals surface area (Å²) in [6, 6.07) is 4.70. The number of hydrogen-bond donors (Lipinski definition) is 1. The first kappa shape index (κ1) is 18.7. The summed E-state index contributed by atoms with van der Waals surface area (Å²) in [5, 5.41) is 9.21. The van der Waals surface area contributed by atoms with Gasteiger partial charge in [0.25, 0.3) is 0 Å². The van der Waals surface area contributed by atoms with Crippen LogP contribution in [0.15, 0.2) is 40.8 Å². The fourth-order valence-corrected chi connectivity index (χ4v) is 3.04. The Kier molecular flexibility index (Phi) is 6.16. The first-order valence-corrected chi connectivity index (χ1v) is 8.99. The van der Waals surface area contributed by atoms with Gasteiger partial charge in [-0.05, 0) is 12.5 Å². The number of rotatable bonds is 7. The monoisotopic (exact) mass is 362 g/mol. The van der Waals surface area contributed by atoms with Crippen molar-refractivity contribution in [1.82, 2.24) is 4.90 Å². The molecule has 6 heteroatoms. The van der Waals surface area contributed by atoms with Gasteiger partial charge in [0.05, 0.1) is 25.0 Å². The molecule has 0 atom stereocenters. The van der Waals surface area contributed by atoms with Gasteiger partial charge in [0, 0.05) is 42.6 Å². The van der Waals surface area contributed by atoms with Crippen molar-refractivity contribution in [2.75, 3.05) is 26.2 Å². The average Bonchev–Trinajstić information content (AvgIpc) is 2.79. The number of aliphatic hydroxyl groups excluding tert-OH is 1. The van der Waals surface area contributed by atoms with E-state index in [1.54, 1.807) is 12.1 Å². The summed E-state index contributed by atoms with van der Waals surface area (Å²) in [7, 11) is 0. The zero-order valence-electron chi connectivity index (χ0n) is 14.9. The SMILES string of the molecule is CCCCOC1CN(C2=C(F)C=C(c3cccc(CO)c3F)C=NC2)C1. The number of hydrogen-bond acceptors (Lipinski definition) is 4. The fourth-order valence-electron chi connectivity index (χ4n) is 3.04. The van der Waals surface area contributed by atoms with Crippen molar-refractivity contribution in [3.8, 4) is 0 Å². The average molecular weight is 362 g/mol. The molecule has 140 valence electrons. The van der Waals surface area contributed by atoms with E-state index in [1.165, 1.54) is 18.4 Å². The third-order valence-corrected chi connectivity index (χ3v) is 4.67. The lowest BCUT2D eigenvalue weighted by atomic mass is 10.0. The van der Waals surface area contributed by atoms with Crippen molar-refractivity contribution in [2.24, 2.45) is 4.99 Å². The molecular weight excluding hydrogens is 338 g/mol. The number of aliphatic hydroxyl groups is 1. The van der Waals surface area contributed by atoms with Gasteiger partial charge in [-0.3, -0.25) is 4.99 Å². The summed E-state index contributed by atoms with van der Waals surface area (Å²) in [4.78, 5) is 6.18. The van der Waals surface area contributed by atoms with Crippen molar-refractivity contribution in [3.63, 3.8) is 0 Å². The van der Waals surface area contributed by atoms with E-state index >= 15 is 0 Å². The van der Waals surface area contributed by atoms with Gasteiger partial charge in [-0.2, -0.15) is 0 Å². The van der Waals surface area contributed by atoms with Crippen LogP contribution in [0.4, 0.5) is 8.78 Å². The van der Waals surface area contributed by atoms with E-state index in [0.717, 1.165) is 19.4 Å². The van der Waals surface area contributed by atoms with Crippen LogP contribution in [-0.2, 0) is 11.3 Å². The molecule has 1 N–H and O–H groups in total. The quantitative estimate of drug-likeness (QED) is 0.756. The van der Waals surface area contributed by atoms with Crippen LogP contribution in [0.25, 0.3) is 5.57 Å². The van der Waals surface area contributed by atoms with E-state index in [2.05, 4.69) is 11.9 Å². The minimum Gasteiger partial charge on any atom is -0.392 e. The second kappa shape index (κ2) is 8.56. The maximum Gasteiger partial charge on any atom is 0.144 e. The number of benzene rings is 1. The van der Waals surface area contributed by atoms with Crippen LogP contribution in [0.2, 0.25) is 0 Å². The van der Waals surface area contributed by atoms with Crippen molar-refractivity contribution in [2.45, 2.75) is 32.5 Å². The molecule has 2 aliphatic heterocycles. The lowest BCUT2D eigenvalue weighted by Gasteiger charge is -2.41. The molecule has 1 aromatic carbocycles. The molecule has 0 spiro atoms. The molecule has 2 aliphatic rings. The number of nitrogens with zero attached hydrogens (tertiary/aromatic N) is 2. The van der Waals surface area contributed by atoms with Crippen LogP contribution in [0.3, 0.4) is 0 Å². The molecular formula is C20H24F2N2O2. The molecule has 26 heavy (non-hydrogen) atoms. The van der Waals surface area contributed by atoms with Gasteiger partial charge < -0.3 is 14.7 Å². The summed E-state index contributed by atoms with van der Waals surface area (Å²) in [5.41, 5.74) is 1.29. The Morgan fingerprint density at radius 1 is 1.31 bits per heavy atom. The van der Waals surface area contributed by atoms with Crippen LogP contribution >= 0.6 is 0 Å². The molecule has 0 aromatic heterocycles. The Bertz CT molecular complexity index is 737. The maximum absolute atomic E-state index is 14.7. The highest BCUT2D eigenvalue weighted by Crippen LogP contribution is 2.28.